The van der Waals surface area contributed by atoms with Crippen LogP contribution in [0.3, 0.4) is 0 Å². The standard InChI is InChI=1S/C18H19ClN2O5S/c1-11(2)21-27(23,24)14-5-3-4-12(6-14)9-20-18(22)13-7-15(19)17-16(8-13)25-10-26-17/h3-8,11,21H,9-10H2,1-2H3,(H,20,22). The van der Waals surface area contributed by atoms with Crippen molar-refractivity contribution in [1.29, 1.82) is 0 Å². The Bertz CT molecular complexity index is 976. The molecule has 1 heterocycles. The molecule has 0 aliphatic carbocycles. The average molecular weight is 411 g/mol. The summed E-state index contributed by atoms with van der Waals surface area (Å²) in [5.74, 6) is 0.480. The summed E-state index contributed by atoms with van der Waals surface area (Å²) in [5, 5.41) is 3.04. The molecule has 0 spiro atoms. The number of ether oxygens (including phenoxy) is 2. The summed E-state index contributed by atoms with van der Waals surface area (Å²) < 4.78 is 37.5. The van der Waals surface area contributed by atoms with Crippen molar-refractivity contribution in [3.8, 4) is 11.5 Å². The summed E-state index contributed by atoms with van der Waals surface area (Å²) in [4.78, 5) is 12.5. The van der Waals surface area contributed by atoms with Crippen molar-refractivity contribution < 1.29 is 22.7 Å². The van der Waals surface area contributed by atoms with Crippen LogP contribution in [-0.2, 0) is 16.6 Å². The lowest BCUT2D eigenvalue weighted by Crippen LogP contribution is -2.30. The predicted octanol–water partition coefficient (Wildman–Crippen LogP) is 2.69. The lowest BCUT2D eigenvalue weighted by Gasteiger charge is -2.11. The van der Waals surface area contributed by atoms with Gasteiger partial charge >= 0.3 is 0 Å². The van der Waals surface area contributed by atoms with E-state index in [9.17, 15) is 13.2 Å². The molecule has 2 aromatic rings. The largest absolute Gasteiger partial charge is 0.454 e. The first-order chi connectivity index (χ1) is 12.8. The Morgan fingerprint density at radius 3 is 2.74 bits per heavy atom. The molecule has 0 saturated heterocycles. The highest BCUT2D eigenvalue weighted by atomic mass is 35.5. The van der Waals surface area contributed by atoms with Crippen molar-refractivity contribution in [3.05, 3.63) is 52.5 Å². The SMILES string of the molecule is CC(C)NS(=O)(=O)c1cccc(CNC(=O)c2cc(Cl)c3c(c2)OCO3)c1. The molecule has 0 fully saturated rings. The number of carbonyl (C=O) groups is 1. The Kier molecular flexibility index (Phi) is 5.59. The Morgan fingerprint density at radius 2 is 2.00 bits per heavy atom. The first-order valence-corrected chi connectivity index (χ1v) is 10.1. The van der Waals surface area contributed by atoms with E-state index in [0.717, 1.165) is 0 Å². The highest BCUT2D eigenvalue weighted by Crippen LogP contribution is 2.39. The number of benzene rings is 2. The number of fused-ring (bicyclic) bond motifs is 1. The van der Waals surface area contributed by atoms with E-state index in [1.165, 1.54) is 18.2 Å². The molecule has 0 radical (unpaired) electrons. The lowest BCUT2D eigenvalue weighted by atomic mass is 10.1. The van der Waals surface area contributed by atoms with Crippen molar-refractivity contribution in [1.82, 2.24) is 10.0 Å². The molecular formula is C18H19ClN2O5S. The average Bonchev–Trinajstić information content (AvgIpc) is 3.08. The second-order valence-electron chi connectivity index (χ2n) is 6.30. The van der Waals surface area contributed by atoms with E-state index in [2.05, 4.69) is 10.0 Å². The number of hydrogen-bond acceptors (Lipinski definition) is 5. The molecule has 2 N–H and O–H groups in total. The minimum atomic E-state index is -3.60. The van der Waals surface area contributed by atoms with E-state index < -0.39 is 10.0 Å². The van der Waals surface area contributed by atoms with Crippen LogP contribution in [0.15, 0.2) is 41.3 Å². The Morgan fingerprint density at radius 1 is 1.22 bits per heavy atom. The van der Waals surface area contributed by atoms with Crippen molar-refractivity contribution >= 4 is 27.5 Å². The van der Waals surface area contributed by atoms with E-state index in [-0.39, 0.29) is 30.2 Å². The van der Waals surface area contributed by atoms with E-state index >= 15 is 0 Å². The van der Waals surface area contributed by atoms with Crippen molar-refractivity contribution in [2.24, 2.45) is 0 Å². The van der Waals surface area contributed by atoms with Crippen LogP contribution in [0.4, 0.5) is 0 Å². The molecule has 1 amide bonds. The maximum atomic E-state index is 12.4. The Balaban J connectivity index is 1.71. The van der Waals surface area contributed by atoms with Crippen LogP contribution in [0.1, 0.15) is 29.8 Å². The van der Waals surface area contributed by atoms with Gasteiger partial charge in [-0.05, 0) is 43.7 Å². The first kappa shape index (κ1) is 19.5. The third kappa shape index (κ3) is 4.52. The minimum absolute atomic E-state index is 0.0613. The Labute approximate surface area is 162 Å². The van der Waals surface area contributed by atoms with Gasteiger partial charge < -0.3 is 14.8 Å². The zero-order chi connectivity index (χ0) is 19.6. The van der Waals surface area contributed by atoms with Gasteiger partial charge in [-0.25, -0.2) is 13.1 Å². The number of amides is 1. The minimum Gasteiger partial charge on any atom is -0.454 e. The fourth-order valence-corrected chi connectivity index (χ4v) is 4.17. The second kappa shape index (κ2) is 7.75. The number of sulfonamides is 1. The smallest absolute Gasteiger partial charge is 0.251 e. The monoisotopic (exact) mass is 410 g/mol. The quantitative estimate of drug-likeness (QED) is 0.763. The fourth-order valence-electron chi connectivity index (χ4n) is 2.58. The molecule has 1 aliphatic rings. The van der Waals surface area contributed by atoms with Gasteiger partial charge in [0.25, 0.3) is 5.91 Å². The van der Waals surface area contributed by atoms with E-state index in [4.69, 9.17) is 21.1 Å². The molecular weight excluding hydrogens is 392 g/mol. The van der Waals surface area contributed by atoms with Crippen molar-refractivity contribution in [2.75, 3.05) is 6.79 Å². The van der Waals surface area contributed by atoms with Crippen LogP contribution in [0.2, 0.25) is 5.02 Å². The third-order valence-electron chi connectivity index (χ3n) is 3.74. The predicted molar refractivity (Wildman–Crippen MR) is 101 cm³/mol. The molecule has 0 atom stereocenters. The van der Waals surface area contributed by atoms with Gasteiger partial charge in [-0.15, -0.1) is 0 Å². The first-order valence-electron chi connectivity index (χ1n) is 8.25. The lowest BCUT2D eigenvalue weighted by molar-refractivity contribution is 0.0950. The van der Waals surface area contributed by atoms with Gasteiger partial charge in [-0.2, -0.15) is 0 Å². The summed E-state index contributed by atoms with van der Waals surface area (Å²) >= 11 is 6.09. The molecule has 144 valence electrons. The molecule has 0 unspecified atom stereocenters. The van der Waals surface area contributed by atoms with Gasteiger partial charge in [0.1, 0.15) is 0 Å². The molecule has 2 aromatic carbocycles. The van der Waals surface area contributed by atoms with Gasteiger partial charge in [0.2, 0.25) is 16.8 Å². The molecule has 0 bridgehead atoms. The molecule has 9 heteroatoms. The summed E-state index contributed by atoms with van der Waals surface area (Å²) in [7, 11) is -3.60. The van der Waals surface area contributed by atoms with Crippen molar-refractivity contribution in [3.63, 3.8) is 0 Å². The number of rotatable bonds is 6. The van der Waals surface area contributed by atoms with Crippen LogP contribution in [0.5, 0.6) is 11.5 Å². The number of nitrogens with one attached hydrogen (secondary N) is 2. The summed E-state index contributed by atoms with van der Waals surface area (Å²) in [6, 6.07) is 9.24. The number of halogens is 1. The maximum Gasteiger partial charge on any atom is 0.251 e. The van der Waals surface area contributed by atoms with Gasteiger partial charge in [-0.1, -0.05) is 23.7 Å². The van der Waals surface area contributed by atoms with Gasteiger partial charge in [0.15, 0.2) is 11.5 Å². The summed E-state index contributed by atoms with van der Waals surface area (Å²) in [5.41, 5.74) is 0.983. The van der Waals surface area contributed by atoms with Gasteiger partial charge in [0.05, 0.1) is 9.92 Å². The highest BCUT2D eigenvalue weighted by molar-refractivity contribution is 7.89. The zero-order valence-corrected chi connectivity index (χ0v) is 16.4. The molecule has 3 rings (SSSR count). The zero-order valence-electron chi connectivity index (χ0n) is 14.8. The maximum absolute atomic E-state index is 12.4. The van der Waals surface area contributed by atoms with Crippen LogP contribution >= 0.6 is 11.6 Å². The highest BCUT2D eigenvalue weighted by Gasteiger charge is 2.21. The van der Waals surface area contributed by atoms with Crippen LogP contribution in [-0.4, -0.2) is 27.2 Å². The van der Waals surface area contributed by atoms with E-state index in [1.54, 1.807) is 32.0 Å². The fraction of sp³-hybridized carbons (Fsp3) is 0.278. The molecule has 7 nitrogen and oxygen atoms in total. The third-order valence-corrected chi connectivity index (χ3v) is 5.68. The second-order valence-corrected chi connectivity index (χ2v) is 8.42. The number of hydrogen-bond donors (Lipinski definition) is 2. The van der Waals surface area contributed by atoms with Crippen molar-refractivity contribution in [2.45, 2.75) is 31.3 Å². The number of carbonyl (C=O) groups excluding carboxylic acids is 1. The summed E-state index contributed by atoms with van der Waals surface area (Å²) in [6.45, 7) is 3.72. The summed E-state index contributed by atoms with van der Waals surface area (Å²) in [6.07, 6.45) is 0. The normalized spacial score (nSPS) is 13.0. The van der Waals surface area contributed by atoms with Crippen LogP contribution in [0.25, 0.3) is 0 Å². The topological polar surface area (TPSA) is 93.7 Å². The van der Waals surface area contributed by atoms with Gasteiger partial charge in [0, 0.05) is 18.2 Å². The van der Waals surface area contributed by atoms with Gasteiger partial charge in [-0.3, -0.25) is 4.79 Å². The molecule has 0 aromatic heterocycles. The molecule has 0 saturated carbocycles. The molecule has 1 aliphatic heterocycles. The van der Waals surface area contributed by atoms with Crippen LogP contribution in [0, 0.1) is 0 Å². The molecule has 27 heavy (non-hydrogen) atoms. The Hall–Kier alpha value is -2.29. The van der Waals surface area contributed by atoms with E-state index in [1.807, 2.05) is 0 Å². The van der Waals surface area contributed by atoms with E-state index in [0.29, 0.717) is 27.6 Å². The van der Waals surface area contributed by atoms with Crippen LogP contribution < -0.4 is 19.5 Å².